The molecule has 1 amide bonds. The highest BCUT2D eigenvalue weighted by atomic mass is 127. The standard InChI is InChI=1S/C23H30N4O2.HI/c1-3-24-23(25-14-13-18-6-4-7-21(16-18)29-2)26-17-19-9-11-20(12-10-19)27-15-5-8-22(27)28;/h4,6-7,9-12,16H,3,5,8,13-15,17H2,1-2H3,(H2,24,25,26);1H. The van der Waals surface area contributed by atoms with Crippen LogP contribution < -0.4 is 20.3 Å². The van der Waals surface area contributed by atoms with Crippen molar-refractivity contribution in [2.45, 2.75) is 32.7 Å². The number of carbonyl (C=O) groups excluding carboxylic acids is 1. The number of hydrogen-bond donors (Lipinski definition) is 2. The van der Waals surface area contributed by atoms with Crippen molar-refractivity contribution in [3.05, 3.63) is 59.7 Å². The zero-order valence-corrected chi connectivity index (χ0v) is 20.0. The highest BCUT2D eigenvalue weighted by Crippen LogP contribution is 2.21. The number of hydrogen-bond acceptors (Lipinski definition) is 3. The lowest BCUT2D eigenvalue weighted by Crippen LogP contribution is -2.38. The number of nitrogens with zero attached hydrogens (tertiary/aromatic N) is 2. The Morgan fingerprint density at radius 3 is 2.60 bits per heavy atom. The third-order valence-corrected chi connectivity index (χ3v) is 4.93. The molecule has 1 aliphatic heterocycles. The predicted octanol–water partition coefficient (Wildman–Crippen LogP) is 3.74. The second-order valence-electron chi connectivity index (χ2n) is 7.04. The highest BCUT2D eigenvalue weighted by Gasteiger charge is 2.21. The van der Waals surface area contributed by atoms with E-state index in [2.05, 4.69) is 34.7 Å². The van der Waals surface area contributed by atoms with Gasteiger partial charge >= 0.3 is 0 Å². The fourth-order valence-electron chi connectivity index (χ4n) is 3.37. The lowest BCUT2D eigenvalue weighted by Gasteiger charge is -2.16. The number of rotatable bonds is 8. The van der Waals surface area contributed by atoms with Gasteiger partial charge in [0.05, 0.1) is 13.7 Å². The quantitative estimate of drug-likeness (QED) is 0.315. The van der Waals surface area contributed by atoms with Crippen LogP contribution in [0.4, 0.5) is 5.69 Å². The third-order valence-electron chi connectivity index (χ3n) is 4.93. The molecule has 6 nitrogen and oxygen atoms in total. The van der Waals surface area contributed by atoms with Crippen molar-refractivity contribution in [1.82, 2.24) is 10.6 Å². The van der Waals surface area contributed by atoms with Gasteiger partial charge in [-0.25, -0.2) is 4.99 Å². The summed E-state index contributed by atoms with van der Waals surface area (Å²) in [5.41, 5.74) is 3.31. The van der Waals surface area contributed by atoms with Crippen molar-refractivity contribution < 1.29 is 9.53 Å². The lowest BCUT2D eigenvalue weighted by atomic mass is 10.1. The van der Waals surface area contributed by atoms with Gasteiger partial charge in [-0.2, -0.15) is 0 Å². The van der Waals surface area contributed by atoms with Gasteiger partial charge in [0.1, 0.15) is 5.75 Å². The number of halogens is 1. The monoisotopic (exact) mass is 522 g/mol. The molecular weight excluding hydrogens is 491 g/mol. The number of guanidine groups is 1. The Morgan fingerprint density at radius 1 is 1.13 bits per heavy atom. The molecule has 1 saturated heterocycles. The summed E-state index contributed by atoms with van der Waals surface area (Å²) in [7, 11) is 1.68. The Hall–Kier alpha value is -2.29. The lowest BCUT2D eigenvalue weighted by molar-refractivity contribution is -0.117. The summed E-state index contributed by atoms with van der Waals surface area (Å²) < 4.78 is 5.28. The van der Waals surface area contributed by atoms with Crippen molar-refractivity contribution in [1.29, 1.82) is 0 Å². The summed E-state index contributed by atoms with van der Waals surface area (Å²) in [5, 5.41) is 6.67. The largest absolute Gasteiger partial charge is 0.497 e. The molecule has 1 heterocycles. The fourth-order valence-corrected chi connectivity index (χ4v) is 3.37. The van der Waals surface area contributed by atoms with E-state index in [1.807, 2.05) is 41.3 Å². The van der Waals surface area contributed by atoms with Crippen LogP contribution in [0, 0.1) is 0 Å². The zero-order valence-electron chi connectivity index (χ0n) is 17.7. The van der Waals surface area contributed by atoms with Crippen molar-refractivity contribution in [3.8, 4) is 5.75 Å². The second-order valence-corrected chi connectivity index (χ2v) is 7.04. The molecule has 0 radical (unpaired) electrons. The van der Waals surface area contributed by atoms with Gasteiger partial charge in [0.15, 0.2) is 5.96 Å². The maximum atomic E-state index is 11.9. The summed E-state index contributed by atoms with van der Waals surface area (Å²) in [6.45, 7) is 5.05. The molecule has 162 valence electrons. The number of aliphatic imine (C=N–C) groups is 1. The molecule has 0 unspecified atom stereocenters. The smallest absolute Gasteiger partial charge is 0.227 e. The molecule has 0 aromatic heterocycles. The van der Waals surface area contributed by atoms with Crippen molar-refractivity contribution in [2.24, 2.45) is 4.99 Å². The third kappa shape index (κ3) is 6.90. The van der Waals surface area contributed by atoms with Crippen molar-refractivity contribution in [2.75, 3.05) is 31.6 Å². The van der Waals surface area contributed by atoms with E-state index in [1.165, 1.54) is 5.56 Å². The Balaban J connectivity index is 0.00000320. The number of carbonyl (C=O) groups is 1. The first-order chi connectivity index (χ1) is 14.2. The molecule has 0 bridgehead atoms. The van der Waals surface area contributed by atoms with Crippen LogP contribution in [-0.2, 0) is 17.8 Å². The number of ether oxygens (including phenoxy) is 1. The molecule has 30 heavy (non-hydrogen) atoms. The molecule has 2 N–H and O–H groups in total. The van der Waals surface area contributed by atoms with Gasteiger partial charge in [-0.1, -0.05) is 24.3 Å². The molecule has 1 aliphatic rings. The first kappa shape index (κ1) is 24.0. The molecule has 0 spiro atoms. The van der Waals surface area contributed by atoms with Crippen LogP contribution >= 0.6 is 24.0 Å². The average Bonchev–Trinajstić information content (AvgIpc) is 3.18. The minimum Gasteiger partial charge on any atom is -0.497 e. The Kier molecular flexibility index (Phi) is 9.93. The minimum atomic E-state index is 0. The van der Waals surface area contributed by atoms with E-state index in [4.69, 9.17) is 4.74 Å². The number of amides is 1. The Labute approximate surface area is 196 Å². The molecule has 0 aliphatic carbocycles. The van der Waals surface area contributed by atoms with Gasteiger partial charge in [0.25, 0.3) is 0 Å². The summed E-state index contributed by atoms with van der Waals surface area (Å²) in [6, 6.07) is 16.2. The van der Waals surface area contributed by atoms with Crippen LogP contribution in [-0.4, -0.2) is 38.6 Å². The molecule has 2 aromatic carbocycles. The topological polar surface area (TPSA) is 66.0 Å². The van der Waals surface area contributed by atoms with Gasteiger partial charge < -0.3 is 20.3 Å². The maximum absolute atomic E-state index is 11.9. The number of methoxy groups -OCH3 is 1. The maximum Gasteiger partial charge on any atom is 0.227 e. The molecule has 7 heteroatoms. The summed E-state index contributed by atoms with van der Waals surface area (Å²) >= 11 is 0. The van der Waals surface area contributed by atoms with E-state index in [-0.39, 0.29) is 29.9 Å². The summed E-state index contributed by atoms with van der Waals surface area (Å²) in [5.74, 6) is 1.89. The van der Waals surface area contributed by atoms with Crippen LogP contribution in [0.3, 0.4) is 0 Å². The second kappa shape index (κ2) is 12.4. The van der Waals surface area contributed by atoms with E-state index in [1.54, 1.807) is 7.11 Å². The normalized spacial score (nSPS) is 13.7. The van der Waals surface area contributed by atoms with Crippen LogP contribution in [0.1, 0.15) is 30.9 Å². The Bertz CT molecular complexity index is 839. The number of nitrogens with one attached hydrogen (secondary N) is 2. The summed E-state index contributed by atoms with van der Waals surface area (Å²) in [4.78, 5) is 18.4. The van der Waals surface area contributed by atoms with E-state index in [0.717, 1.165) is 55.4 Å². The van der Waals surface area contributed by atoms with E-state index >= 15 is 0 Å². The molecular formula is C23H31IN4O2. The van der Waals surface area contributed by atoms with Crippen LogP contribution in [0.15, 0.2) is 53.5 Å². The number of anilines is 1. The van der Waals surface area contributed by atoms with Gasteiger partial charge in [0, 0.05) is 31.7 Å². The molecule has 1 fully saturated rings. The first-order valence-corrected chi connectivity index (χ1v) is 10.2. The average molecular weight is 522 g/mol. The van der Waals surface area contributed by atoms with Gasteiger partial charge in [-0.3, -0.25) is 4.79 Å². The molecule has 0 atom stereocenters. The molecule has 3 rings (SSSR count). The first-order valence-electron chi connectivity index (χ1n) is 10.2. The van der Waals surface area contributed by atoms with Crippen LogP contribution in [0.5, 0.6) is 5.75 Å². The van der Waals surface area contributed by atoms with Crippen LogP contribution in [0.2, 0.25) is 0 Å². The van der Waals surface area contributed by atoms with Gasteiger partial charge in [-0.15, -0.1) is 24.0 Å². The number of benzene rings is 2. The zero-order chi connectivity index (χ0) is 20.5. The minimum absolute atomic E-state index is 0. The SMILES string of the molecule is CCNC(=NCc1ccc(N2CCCC2=O)cc1)NCCc1cccc(OC)c1.I. The van der Waals surface area contributed by atoms with Gasteiger partial charge in [0.2, 0.25) is 5.91 Å². The van der Waals surface area contributed by atoms with Crippen LogP contribution in [0.25, 0.3) is 0 Å². The molecule has 0 saturated carbocycles. The van der Waals surface area contributed by atoms with E-state index in [9.17, 15) is 4.79 Å². The van der Waals surface area contributed by atoms with Crippen molar-refractivity contribution >= 4 is 41.5 Å². The molecule has 2 aromatic rings. The van der Waals surface area contributed by atoms with Crippen molar-refractivity contribution in [3.63, 3.8) is 0 Å². The Morgan fingerprint density at radius 2 is 1.93 bits per heavy atom. The fraction of sp³-hybridized carbons (Fsp3) is 0.391. The van der Waals surface area contributed by atoms with Gasteiger partial charge in [-0.05, 0) is 55.2 Å². The van der Waals surface area contributed by atoms with E-state index in [0.29, 0.717) is 13.0 Å². The predicted molar refractivity (Wildman–Crippen MR) is 133 cm³/mol. The summed E-state index contributed by atoms with van der Waals surface area (Å²) in [6.07, 6.45) is 2.48. The highest BCUT2D eigenvalue weighted by molar-refractivity contribution is 14.0. The van der Waals surface area contributed by atoms with E-state index < -0.39 is 0 Å².